The van der Waals surface area contributed by atoms with Crippen LogP contribution in [0.1, 0.15) is 36.4 Å². The molecule has 0 saturated heterocycles. The van der Waals surface area contributed by atoms with Gasteiger partial charge in [0.15, 0.2) is 0 Å². The standard InChI is InChI=1S/C17H20ClN/c1-3-16(13-8-5-4-6-9-13)17(19-2)14-10-7-11-15(18)12-14/h4-12,16-17,19H,3H2,1-2H3. The van der Waals surface area contributed by atoms with Gasteiger partial charge in [-0.1, -0.05) is 61.0 Å². The molecule has 1 N–H and O–H groups in total. The molecule has 2 heteroatoms. The Hall–Kier alpha value is -1.31. The van der Waals surface area contributed by atoms with Gasteiger partial charge in [-0.05, 0) is 36.7 Å². The van der Waals surface area contributed by atoms with E-state index in [0.717, 1.165) is 11.4 Å². The first-order chi connectivity index (χ1) is 9.26. The van der Waals surface area contributed by atoms with Crippen molar-refractivity contribution in [1.29, 1.82) is 0 Å². The molecule has 0 fully saturated rings. The lowest BCUT2D eigenvalue weighted by Crippen LogP contribution is -2.23. The zero-order valence-electron chi connectivity index (χ0n) is 11.4. The van der Waals surface area contributed by atoms with Gasteiger partial charge < -0.3 is 5.32 Å². The second kappa shape index (κ2) is 6.74. The summed E-state index contributed by atoms with van der Waals surface area (Å²) in [6.45, 7) is 2.23. The van der Waals surface area contributed by atoms with E-state index < -0.39 is 0 Å². The highest BCUT2D eigenvalue weighted by molar-refractivity contribution is 6.30. The van der Waals surface area contributed by atoms with Gasteiger partial charge in [0.2, 0.25) is 0 Å². The van der Waals surface area contributed by atoms with Crippen LogP contribution in [0.2, 0.25) is 5.02 Å². The van der Waals surface area contributed by atoms with Gasteiger partial charge in [-0.2, -0.15) is 0 Å². The summed E-state index contributed by atoms with van der Waals surface area (Å²) in [6.07, 6.45) is 1.09. The molecule has 0 aliphatic heterocycles. The van der Waals surface area contributed by atoms with Gasteiger partial charge in [0.1, 0.15) is 0 Å². The summed E-state index contributed by atoms with van der Waals surface area (Å²) in [7, 11) is 2.01. The van der Waals surface area contributed by atoms with Crippen LogP contribution in [0.3, 0.4) is 0 Å². The number of benzene rings is 2. The summed E-state index contributed by atoms with van der Waals surface area (Å²) in [6, 6.07) is 19.1. The largest absolute Gasteiger partial charge is 0.312 e. The Morgan fingerprint density at radius 2 is 1.68 bits per heavy atom. The van der Waals surface area contributed by atoms with Crippen molar-refractivity contribution in [2.75, 3.05) is 7.05 Å². The van der Waals surface area contributed by atoms with Crippen molar-refractivity contribution in [2.45, 2.75) is 25.3 Å². The highest BCUT2D eigenvalue weighted by Gasteiger charge is 2.21. The van der Waals surface area contributed by atoms with Crippen molar-refractivity contribution < 1.29 is 0 Å². The molecule has 0 radical (unpaired) electrons. The van der Waals surface area contributed by atoms with Crippen molar-refractivity contribution in [1.82, 2.24) is 5.32 Å². The molecule has 0 amide bonds. The van der Waals surface area contributed by atoms with Gasteiger partial charge in [-0.25, -0.2) is 0 Å². The van der Waals surface area contributed by atoms with Crippen LogP contribution >= 0.6 is 11.6 Å². The molecular formula is C17H20ClN. The third-order valence-corrected chi connectivity index (χ3v) is 3.82. The number of hydrogen-bond acceptors (Lipinski definition) is 1. The Balaban J connectivity index is 2.34. The van der Waals surface area contributed by atoms with Crippen molar-refractivity contribution >= 4 is 11.6 Å². The number of likely N-dealkylation sites (N-methyl/N-ethyl adjacent to an activating group) is 1. The summed E-state index contributed by atoms with van der Waals surface area (Å²) in [5, 5.41) is 4.23. The molecule has 100 valence electrons. The van der Waals surface area contributed by atoms with Crippen molar-refractivity contribution in [3.05, 3.63) is 70.7 Å². The van der Waals surface area contributed by atoms with E-state index in [-0.39, 0.29) is 6.04 Å². The monoisotopic (exact) mass is 273 g/mol. The average Bonchev–Trinajstić information content (AvgIpc) is 2.45. The Morgan fingerprint density at radius 3 is 2.26 bits per heavy atom. The molecule has 0 saturated carbocycles. The second-order valence-electron chi connectivity index (χ2n) is 4.75. The maximum atomic E-state index is 6.11. The number of rotatable bonds is 5. The van der Waals surface area contributed by atoms with Crippen LogP contribution in [0.5, 0.6) is 0 Å². The summed E-state index contributed by atoms with van der Waals surface area (Å²) in [4.78, 5) is 0. The molecule has 2 atom stereocenters. The van der Waals surface area contributed by atoms with E-state index in [2.05, 4.69) is 48.6 Å². The first-order valence-corrected chi connectivity index (χ1v) is 7.11. The molecule has 2 aromatic carbocycles. The third kappa shape index (κ3) is 3.37. The molecule has 0 spiro atoms. The molecule has 2 aromatic rings. The van der Waals surface area contributed by atoms with E-state index in [0.29, 0.717) is 5.92 Å². The van der Waals surface area contributed by atoms with Crippen molar-refractivity contribution in [3.63, 3.8) is 0 Å². The summed E-state index contributed by atoms with van der Waals surface area (Å²) in [5.74, 6) is 0.449. The highest BCUT2D eigenvalue weighted by Crippen LogP contribution is 2.34. The lowest BCUT2D eigenvalue weighted by Gasteiger charge is -2.27. The van der Waals surface area contributed by atoms with E-state index in [4.69, 9.17) is 11.6 Å². The van der Waals surface area contributed by atoms with Crippen LogP contribution in [-0.4, -0.2) is 7.05 Å². The van der Waals surface area contributed by atoms with Crippen LogP contribution < -0.4 is 5.32 Å². The van der Waals surface area contributed by atoms with Crippen molar-refractivity contribution in [3.8, 4) is 0 Å². The SMILES string of the molecule is CCC(c1ccccc1)C(NC)c1cccc(Cl)c1. The second-order valence-corrected chi connectivity index (χ2v) is 5.18. The number of hydrogen-bond donors (Lipinski definition) is 1. The van der Waals surface area contributed by atoms with Crippen LogP contribution in [0, 0.1) is 0 Å². The predicted octanol–water partition coefficient (Wildman–Crippen LogP) is 4.79. The maximum Gasteiger partial charge on any atom is 0.0409 e. The minimum absolute atomic E-state index is 0.283. The van der Waals surface area contributed by atoms with Crippen LogP contribution in [0.15, 0.2) is 54.6 Å². The lowest BCUT2D eigenvalue weighted by atomic mass is 9.85. The summed E-state index contributed by atoms with van der Waals surface area (Å²) < 4.78 is 0. The van der Waals surface area contributed by atoms with Crippen LogP contribution in [0.4, 0.5) is 0 Å². The molecule has 2 rings (SSSR count). The highest BCUT2D eigenvalue weighted by atomic mass is 35.5. The van der Waals surface area contributed by atoms with Gasteiger partial charge in [0, 0.05) is 17.0 Å². The third-order valence-electron chi connectivity index (χ3n) is 3.59. The average molecular weight is 274 g/mol. The van der Waals surface area contributed by atoms with Gasteiger partial charge in [0.25, 0.3) is 0 Å². The fraction of sp³-hybridized carbons (Fsp3) is 0.294. The molecule has 1 nitrogen and oxygen atoms in total. The molecule has 0 aliphatic carbocycles. The molecule has 0 heterocycles. The summed E-state index contributed by atoms with van der Waals surface area (Å²) in [5.41, 5.74) is 2.61. The first kappa shape index (κ1) is 14.1. The normalized spacial score (nSPS) is 14.1. The molecular weight excluding hydrogens is 254 g/mol. The quantitative estimate of drug-likeness (QED) is 0.826. The van der Waals surface area contributed by atoms with E-state index in [1.165, 1.54) is 11.1 Å². The van der Waals surface area contributed by atoms with Crippen LogP contribution in [-0.2, 0) is 0 Å². The lowest BCUT2D eigenvalue weighted by molar-refractivity contribution is 0.468. The maximum absolute atomic E-state index is 6.11. The zero-order chi connectivity index (χ0) is 13.7. The minimum Gasteiger partial charge on any atom is -0.312 e. The Kier molecular flexibility index (Phi) is 5.00. The van der Waals surface area contributed by atoms with Crippen molar-refractivity contribution in [2.24, 2.45) is 0 Å². The Morgan fingerprint density at radius 1 is 1.00 bits per heavy atom. The van der Waals surface area contributed by atoms with Gasteiger partial charge in [-0.15, -0.1) is 0 Å². The smallest absolute Gasteiger partial charge is 0.0409 e. The zero-order valence-corrected chi connectivity index (χ0v) is 12.2. The topological polar surface area (TPSA) is 12.0 Å². The minimum atomic E-state index is 0.283. The van der Waals surface area contributed by atoms with Gasteiger partial charge >= 0.3 is 0 Å². The van der Waals surface area contributed by atoms with E-state index in [1.807, 2.05) is 25.2 Å². The summed E-state index contributed by atoms with van der Waals surface area (Å²) >= 11 is 6.11. The predicted molar refractivity (Wildman–Crippen MR) is 82.7 cm³/mol. The van der Waals surface area contributed by atoms with Gasteiger partial charge in [0.05, 0.1) is 0 Å². The van der Waals surface area contributed by atoms with Crippen LogP contribution in [0.25, 0.3) is 0 Å². The molecule has 19 heavy (non-hydrogen) atoms. The number of halogens is 1. The first-order valence-electron chi connectivity index (χ1n) is 6.74. The molecule has 0 aliphatic rings. The van der Waals surface area contributed by atoms with E-state index in [1.54, 1.807) is 0 Å². The van der Waals surface area contributed by atoms with E-state index in [9.17, 15) is 0 Å². The fourth-order valence-electron chi connectivity index (χ4n) is 2.66. The van der Waals surface area contributed by atoms with Gasteiger partial charge in [-0.3, -0.25) is 0 Å². The molecule has 0 bridgehead atoms. The van der Waals surface area contributed by atoms with E-state index >= 15 is 0 Å². The number of nitrogens with one attached hydrogen (secondary N) is 1. The molecule has 0 aromatic heterocycles. The Labute approximate surface area is 120 Å². The fourth-order valence-corrected chi connectivity index (χ4v) is 2.86. The Bertz CT molecular complexity index is 510. The molecule has 2 unspecified atom stereocenters.